The molecule has 2 saturated heterocycles. The molecule has 2 aliphatic heterocycles. The van der Waals surface area contributed by atoms with E-state index in [9.17, 15) is 4.79 Å². The minimum absolute atomic E-state index is 0.141. The number of hydrogen-bond acceptors (Lipinski definition) is 2. The number of pyridine rings is 1. The summed E-state index contributed by atoms with van der Waals surface area (Å²) >= 11 is 0. The quantitative estimate of drug-likeness (QED) is 0.789. The summed E-state index contributed by atoms with van der Waals surface area (Å²) < 4.78 is 0. The summed E-state index contributed by atoms with van der Waals surface area (Å²) in [7, 11) is 0. The number of hydrogen-bond donors (Lipinski definition) is 0. The van der Waals surface area contributed by atoms with E-state index in [-0.39, 0.29) is 17.5 Å². The molecule has 0 radical (unpaired) electrons. The molecule has 2 atom stereocenters. The normalized spacial score (nSPS) is 28.4. The third-order valence-corrected chi connectivity index (χ3v) is 4.59. The smallest absolute Gasteiger partial charge is 0.320 e. The molecule has 2 aliphatic rings. The van der Waals surface area contributed by atoms with Crippen LogP contribution in [0.25, 0.3) is 0 Å². The van der Waals surface area contributed by atoms with Gasteiger partial charge in [0.05, 0.1) is 6.04 Å². The van der Waals surface area contributed by atoms with Gasteiger partial charge >= 0.3 is 6.03 Å². The fourth-order valence-electron chi connectivity index (χ4n) is 3.57. The predicted molar refractivity (Wildman–Crippen MR) is 78.2 cm³/mol. The van der Waals surface area contributed by atoms with Crippen LogP contribution in [0.1, 0.15) is 38.8 Å². The molecule has 3 heterocycles. The first-order valence-corrected chi connectivity index (χ1v) is 7.44. The van der Waals surface area contributed by atoms with Gasteiger partial charge < -0.3 is 9.80 Å². The third kappa shape index (κ3) is 2.17. The maximum Gasteiger partial charge on any atom is 0.320 e. The van der Waals surface area contributed by atoms with Crippen molar-refractivity contribution in [3.8, 4) is 0 Å². The molecule has 0 N–H and O–H groups in total. The van der Waals surface area contributed by atoms with Gasteiger partial charge in [-0.1, -0.05) is 20.8 Å². The molecule has 2 unspecified atom stereocenters. The summed E-state index contributed by atoms with van der Waals surface area (Å²) in [5.74, 6) is 0.632. The van der Waals surface area contributed by atoms with Gasteiger partial charge in [-0.2, -0.15) is 0 Å². The predicted octanol–water partition coefficient (Wildman–Crippen LogP) is 2.93. The van der Waals surface area contributed by atoms with E-state index in [2.05, 4.69) is 25.8 Å². The summed E-state index contributed by atoms with van der Waals surface area (Å²) in [6.45, 7) is 9.32. The molecule has 0 spiro atoms. The van der Waals surface area contributed by atoms with Gasteiger partial charge in [-0.05, 0) is 30.0 Å². The Morgan fingerprint density at radius 2 is 2.05 bits per heavy atom. The minimum atomic E-state index is 0.141. The van der Waals surface area contributed by atoms with Crippen LogP contribution in [0.5, 0.6) is 0 Å². The Morgan fingerprint density at radius 1 is 1.35 bits per heavy atom. The summed E-state index contributed by atoms with van der Waals surface area (Å²) in [5, 5.41) is 0. The lowest BCUT2D eigenvalue weighted by molar-refractivity contribution is -0.0269. The lowest BCUT2D eigenvalue weighted by atomic mass is 9.72. The Hall–Kier alpha value is -1.58. The van der Waals surface area contributed by atoms with Crippen LogP contribution in [-0.2, 0) is 0 Å². The number of likely N-dealkylation sites (tertiary alicyclic amines) is 2. The average molecular weight is 273 g/mol. The first kappa shape index (κ1) is 13.4. The van der Waals surface area contributed by atoms with Gasteiger partial charge in [0.15, 0.2) is 0 Å². The van der Waals surface area contributed by atoms with Crippen molar-refractivity contribution in [1.29, 1.82) is 0 Å². The fourth-order valence-corrected chi connectivity index (χ4v) is 3.57. The molecule has 1 aromatic heterocycles. The Labute approximate surface area is 120 Å². The molecule has 0 saturated carbocycles. The van der Waals surface area contributed by atoms with Crippen molar-refractivity contribution in [3.05, 3.63) is 30.1 Å². The fraction of sp³-hybridized carbons (Fsp3) is 0.625. The summed E-state index contributed by atoms with van der Waals surface area (Å²) in [5.41, 5.74) is 1.33. The zero-order valence-corrected chi connectivity index (χ0v) is 12.5. The van der Waals surface area contributed by atoms with Crippen LogP contribution >= 0.6 is 0 Å². The van der Waals surface area contributed by atoms with Crippen molar-refractivity contribution in [2.45, 2.75) is 33.2 Å². The lowest BCUT2D eigenvalue weighted by Gasteiger charge is -2.55. The SMILES string of the molecule is CC1CCN(C(=O)N2CC(C)(C)C2c2ccncc2)C1. The van der Waals surface area contributed by atoms with Crippen molar-refractivity contribution in [3.63, 3.8) is 0 Å². The van der Waals surface area contributed by atoms with Crippen molar-refractivity contribution >= 4 is 6.03 Å². The van der Waals surface area contributed by atoms with Crippen LogP contribution in [0.4, 0.5) is 4.79 Å². The highest BCUT2D eigenvalue weighted by molar-refractivity contribution is 5.76. The van der Waals surface area contributed by atoms with E-state index in [1.165, 1.54) is 5.56 Å². The molecule has 0 bridgehead atoms. The molecule has 4 heteroatoms. The van der Waals surface area contributed by atoms with Gasteiger partial charge in [0.2, 0.25) is 0 Å². The van der Waals surface area contributed by atoms with Gasteiger partial charge in [0.25, 0.3) is 0 Å². The molecule has 1 aromatic rings. The van der Waals surface area contributed by atoms with Crippen LogP contribution in [0.3, 0.4) is 0 Å². The Morgan fingerprint density at radius 3 is 2.60 bits per heavy atom. The van der Waals surface area contributed by atoms with E-state index in [1.807, 2.05) is 34.3 Å². The highest BCUT2D eigenvalue weighted by Gasteiger charge is 2.50. The molecule has 20 heavy (non-hydrogen) atoms. The number of carbonyl (C=O) groups is 1. The number of aromatic nitrogens is 1. The Balaban J connectivity index is 1.79. The first-order valence-electron chi connectivity index (χ1n) is 7.44. The van der Waals surface area contributed by atoms with E-state index >= 15 is 0 Å². The molecule has 4 nitrogen and oxygen atoms in total. The van der Waals surface area contributed by atoms with Crippen LogP contribution < -0.4 is 0 Å². The van der Waals surface area contributed by atoms with Gasteiger partial charge in [-0.15, -0.1) is 0 Å². The molecule has 3 rings (SSSR count). The maximum absolute atomic E-state index is 12.7. The summed E-state index contributed by atoms with van der Waals surface area (Å²) in [6.07, 6.45) is 4.75. The van der Waals surface area contributed by atoms with E-state index in [1.54, 1.807) is 0 Å². The molecule has 2 fully saturated rings. The van der Waals surface area contributed by atoms with Crippen molar-refractivity contribution in [2.24, 2.45) is 11.3 Å². The summed E-state index contributed by atoms with van der Waals surface area (Å²) in [6, 6.07) is 4.43. The van der Waals surface area contributed by atoms with Gasteiger partial charge in [-0.25, -0.2) is 4.79 Å². The lowest BCUT2D eigenvalue weighted by Crippen LogP contribution is -2.60. The van der Waals surface area contributed by atoms with Crippen molar-refractivity contribution in [2.75, 3.05) is 19.6 Å². The topological polar surface area (TPSA) is 36.4 Å². The largest absolute Gasteiger partial charge is 0.324 e. The first-order chi connectivity index (χ1) is 9.49. The molecular weight excluding hydrogens is 250 g/mol. The number of carbonyl (C=O) groups excluding carboxylic acids is 1. The molecule has 2 amide bonds. The van der Waals surface area contributed by atoms with Crippen molar-refractivity contribution < 1.29 is 4.79 Å². The van der Waals surface area contributed by atoms with E-state index in [0.717, 1.165) is 26.1 Å². The Bertz CT molecular complexity index is 500. The highest BCUT2D eigenvalue weighted by Crippen LogP contribution is 2.48. The molecule has 108 valence electrons. The van der Waals surface area contributed by atoms with Crippen molar-refractivity contribution in [1.82, 2.24) is 14.8 Å². The van der Waals surface area contributed by atoms with Gasteiger partial charge in [-0.3, -0.25) is 4.98 Å². The zero-order valence-electron chi connectivity index (χ0n) is 12.5. The average Bonchev–Trinajstić information content (AvgIpc) is 2.83. The van der Waals surface area contributed by atoms with Crippen LogP contribution in [-0.4, -0.2) is 40.4 Å². The number of nitrogens with zero attached hydrogens (tertiary/aromatic N) is 3. The van der Waals surface area contributed by atoms with E-state index < -0.39 is 0 Å². The zero-order chi connectivity index (χ0) is 14.3. The van der Waals surface area contributed by atoms with Crippen LogP contribution in [0.2, 0.25) is 0 Å². The highest BCUT2D eigenvalue weighted by atomic mass is 16.2. The molecule has 0 aliphatic carbocycles. The maximum atomic E-state index is 12.7. The molecule has 0 aromatic carbocycles. The van der Waals surface area contributed by atoms with E-state index in [4.69, 9.17) is 0 Å². The molecular formula is C16H23N3O. The van der Waals surface area contributed by atoms with Gasteiger partial charge in [0.1, 0.15) is 0 Å². The second-order valence-corrected chi connectivity index (χ2v) is 6.92. The number of rotatable bonds is 1. The second kappa shape index (κ2) is 4.76. The van der Waals surface area contributed by atoms with Crippen LogP contribution in [0, 0.1) is 11.3 Å². The third-order valence-electron chi connectivity index (χ3n) is 4.59. The van der Waals surface area contributed by atoms with Gasteiger partial charge in [0, 0.05) is 37.4 Å². The number of amides is 2. The monoisotopic (exact) mass is 273 g/mol. The van der Waals surface area contributed by atoms with E-state index in [0.29, 0.717) is 5.92 Å². The standard InChI is InChI=1S/C16H23N3O/c1-12-6-9-18(10-12)15(20)19-11-16(2,3)14(19)13-4-7-17-8-5-13/h4-5,7-8,12,14H,6,9-11H2,1-3H3. The Kier molecular flexibility index (Phi) is 3.19. The minimum Gasteiger partial charge on any atom is -0.324 e. The number of urea groups is 1. The summed E-state index contributed by atoms with van der Waals surface area (Å²) in [4.78, 5) is 20.8. The second-order valence-electron chi connectivity index (χ2n) is 6.92. The van der Waals surface area contributed by atoms with Crippen LogP contribution in [0.15, 0.2) is 24.5 Å².